The number of nitrogens with one attached hydrogen (secondary N) is 1. The number of aromatic nitrogens is 3. The fraction of sp³-hybridized carbons (Fsp3) is 0.143. The summed E-state index contributed by atoms with van der Waals surface area (Å²) in [6.07, 6.45) is 3.72. The van der Waals surface area contributed by atoms with Crippen LogP contribution in [0.1, 0.15) is 11.3 Å². The van der Waals surface area contributed by atoms with Gasteiger partial charge in [0.1, 0.15) is 0 Å². The monoisotopic (exact) mass is 270 g/mol. The Balaban J connectivity index is 1.57. The molecule has 1 N–H and O–H groups in total. The van der Waals surface area contributed by atoms with Gasteiger partial charge in [-0.15, -0.1) is 11.3 Å². The van der Waals surface area contributed by atoms with Gasteiger partial charge in [-0.25, -0.2) is 9.67 Å². The maximum Gasteiger partial charge on any atom is 0.0795 e. The lowest BCUT2D eigenvalue weighted by Crippen LogP contribution is -2.12. The molecule has 19 heavy (non-hydrogen) atoms. The molecule has 0 amide bonds. The average Bonchev–Trinajstić information content (AvgIpc) is 3.13. The third-order valence-corrected chi connectivity index (χ3v) is 3.46. The van der Waals surface area contributed by atoms with E-state index in [-0.39, 0.29) is 0 Å². The molecule has 0 unspecified atom stereocenters. The second-order valence-corrected chi connectivity index (χ2v) is 4.92. The van der Waals surface area contributed by atoms with Crippen molar-refractivity contribution in [2.75, 3.05) is 0 Å². The van der Waals surface area contributed by atoms with Gasteiger partial charge >= 0.3 is 0 Å². The van der Waals surface area contributed by atoms with E-state index in [4.69, 9.17) is 0 Å². The number of benzene rings is 1. The zero-order valence-corrected chi connectivity index (χ0v) is 11.2. The summed E-state index contributed by atoms with van der Waals surface area (Å²) in [7, 11) is 0. The van der Waals surface area contributed by atoms with E-state index in [0.29, 0.717) is 0 Å². The summed E-state index contributed by atoms with van der Waals surface area (Å²) in [5.41, 5.74) is 5.29. The van der Waals surface area contributed by atoms with E-state index in [2.05, 4.69) is 45.0 Å². The molecule has 0 fully saturated rings. The van der Waals surface area contributed by atoms with Gasteiger partial charge in [-0.1, -0.05) is 12.1 Å². The van der Waals surface area contributed by atoms with Crippen LogP contribution in [0.2, 0.25) is 0 Å². The summed E-state index contributed by atoms with van der Waals surface area (Å²) in [5.74, 6) is 0. The molecule has 0 bridgehead atoms. The van der Waals surface area contributed by atoms with Crippen LogP contribution in [-0.2, 0) is 13.1 Å². The van der Waals surface area contributed by atoms with Gasteiger partial charge in [-0.05, 0) is 23.8 Å². The minimum absolute atomic E-state index is 0.810. The molecule has 0 aliphatic rings. The molecule has 96 valence electrons. The summed E-state index contributed by atoms with van der Waals surface area (Å²) in [6.45, 7) is 1.65. The van der Waals surface area contributed by atoms with Gasteiger partial charge in [-0.3, -0.25) is 0 Å². The van der Waals surface area contributed by atoms with E-state index >= 15 is 0 Å². The van der Waals surface area contributed by atoms with Crippen molar-refractivity contribution in [2.24, 2.45) is 0 Å². The van der Waals surface area contributed by atoms with E-state index in [1.165, 1.54) is 5.56 Å². The van der Waals surface area contributed by atoms with Crippen LogP contribution < -0.4 is 5.32 Å². The molecular weight excluding hydrogens is 256 g/mol. The molecule has 5 heteroatoms. The van der Waals surface area contributed by atoms with Crippen LogP contribution in [0.4, 0.5) is 0 Å². The molecule has 3 aromatic rings. The Bertz CT molecular complexity index is 599. The molecular formula is C14H14N4S. The zero-order chi connectivity index (χ0) is 12.9. The van der Waals surface area contributed by atoms with E-state index in [9.17, 15) is 0 Å². The van der Waals surface area contributed by atoms with Gasteiger partial charge < -0.3 is 5.32 Å². The van der Waals surface area contributed by atoms with Gasteiger partial charge in [-0.2, -0.15) is 5.10 Å². The largest absolute Gasteiger partial charge is 0.307 e. The van der Waals surface area contributed by atoms with Crippen LogP contribution in [0.3, 0.4) is 0 Å². The van der Waals surface area contributed by atoms with Gasteiger partial charge in [0.2, 0.25) is 0 Å². The molecule has 0 aliphatic carbocycles. The predicted molar refractivity (Wildman–Crippen MR) is 76.2 cm³/mol. The number of hydrogen-bond acceptors (Lipinski definition) is 4. The topological polar surface area (TPSA) is 42.7 Å². The highest BCUT2D eigenvalue weighted by Gasteiger charge is 1.98. The Hall–Kier alpha value is -1.98. The maximum atomic E-state index is 4.24. The van der Waals surface area contributed by atoms with Gasteiger partial charge in [0, 0.05) is 30.9 Å². The molecule has 0 atom stereocenters. The number of rotatable bonds is 5. The van der Waals surface area contributed by atoms with Crippen molar-refractivity contribution in [3.63, 3.8) is 0 Å². The van der Waals surface area contributed by atoms with Crippen molar-refractivity contribution in [1.82, 2.24) is 20.1 Å². The van der Waals surface area contributed by atoms with Crippen LogP contribution in [0.25, 0.3) is 5.69 Å². The summed E-state index contributed by atoms with van der Waals surface area (Å²) in [5, 5.41) is 9.65. The molecule has 0 radical (unpaired) electrons. The van der Waals surface area contributed by atoms with Crippen molar-refractivity contribution < 1.29 is 0 Å². The van der Waals surface area contributed by atoms with E-state index < -0.39 is 0 Å². The molecule has 3 rings (SSSR count). The second-order valence-electron chi connectivity index (χ2n) is 4.20. The van der Waals surface area contributed by atoms with Gasteiger partial charge in [0.15, 0.2) is 0 Å². The average molecular weight is 270 g/mol. The first-order valence-corrected chi connectivity index (χ1v) is 7.03. The molecule has 0 aliphatic heterocycles. The quantitative estimate of drug-likeness (QED) is 0.775. The van der Waals surface area contributed by atoms with Crippen molar-refractivity contribution in [3.8, 4) is 5.69 Å². The first kappa shape index (κ1) is 12.1. The van der Waals surface area contributed by atoms with Crippen molar-refractivity contribution in [2.45, 2.75) is 13.1 Å². The summed E-state index contributed by atoms with van der Waals surface area (Å²) < 4.78 is 1.85. The van der Waals surface area contributed by atoms with E-state index in [1.807, 2.05) is 22.5 Å². The summed E-state index contributed by atoms with van der Waals surface area (Å²) in [6, 6.07) is 10.3. The lowest BCUT2D eigenvalue weighted by molar-refractivity contribution is 0.682. The Morgan fingerprint density at radius 2 is 2.05 bits per heavy atom. The van der Waals surface area contributed by atoms with Crippen LogP contribution in [0.5, 0.6) is 0 Å². The molecule has 2 heterocycles. The van der Waals surface area contributed by atoms with E-state index in [1.54, 1.807) is 17.5 Å². The number of thiazole rings is 1. The van der Waals surface area contributed by atoms with Crippen molar-refractivity contribution >= 4 is 11.3 Å². The lowest BCUT2D eigenvalue weighted by Gasteiger charge is -2.05. The minimum atomic E-state index is 0.810. The third-order valence-electron chi connectivity index (χ3n) is 2.82. The van der Waals surface area contributed by atoms with Crippen LogP contribution in [0, 0.1) is 0 Å². The first-order chi connectivity index (χ1) is 9.42. The molecule has 0 saturated heterocycles. The Kier molecular flexibility index (Phi) is 3.67. The third kappa shape index (κ3) is 3.07. The minimum Gasteiger partial charge on any atom is -0.307 e. The molecule has 2 aromatic heterocycles. The highest BCUT2D eigenvalue weighted by molar-refractivity contribution is 7.07. The highest BCUT2D eigenvalue weighted by Crippen LogP contribution is 2.08. The van der Waals surface area contributed by atoms with Crippen molar-refractivity contribution in [1.29, 1.82) is 0 Å². The highest BCUT2D eigenvalue weighted by atomic mass is 32.1. The van der Waals surface area contributed by atoms with Gasteiger partial charge in [0.25, 0.3) is 0 Å². The molecule has 0 spiro atoms. The molecule has 1 aromatic carbocycles. The van der Waals surface area contributed by atoms with Crippen LogP contribution in [0.15, 0.2) is 53.6 Å². The van der Waals surface area contributed by atoms with Crippen molar-refractivity contribution in [3.05, 3.63) is 64.9 Å². The smallest absolute Gasteiger partial charge is 0.0795 e. The second kappa shape index (κ2) is 5.77. The van der Waals surface area contributed by atoms with Crippen LogP contribution in [-0.4, -0.2) is 14.8 Å². The van der Waals surface area contributed by atoms with Gasteiger partial charge in [0.05, 0.1) is 16.9 Å². The fourth-order valence-corrected chi connectivity index (χ4v) is 2.41. The first-order valence-electron chi connectivity index (χ1n) is 6.08. The Labute approximate surface area is 115 Å². The fourth-order valence-electron chi connectivity index (χ4n) is 1.85. The Morgan fingerprint density at radius 1 is 1.16 bits per heavy atom. The molecule has 4 nitrogen and oxygen atoms in total. The number of hydrogen-bond donors (Lipinski definition) is 1. The Morgan fingerprint density at radius 3 is 2.74 bits per heavy atom. The van der Waals surface area contributed by atoms with E-state index in [0.717, 1.165) is 24.5 Å². The summed E-state index contributed by atoms with van der Waals surface area (Å²) >= 11 is 1.63. The standard InChI is InChI=1S/C14H14N4S/c1-6-17-18(7-1)14-4-2-12(3-5-14)8-15-9-13-10-19-11-16-13/h1-7,10-11,15H,8-9H2. The lowest BCUT2D eigenvalue weighted by atomic mass is 10.2. The number of nitrogens with zero attached hydrogens (tertiary/aromatic N) is 3. The summed E-state index contributed by atoms with van der Waals surface area (Å²) in [4.78, 5) is 4.24. The molecule has 0 saturated carbocycles. The maximum absolute atomic E-state index is 4.24. The predicted octanol–water partition coefficient (Wildman–Crippen LogP) is 2.62. The van der Waals surface area contributed by atoms with Crippen LogP contribution >= 0.6 is 11.3 Å². The zero-order valence-electron chi connectivity index (χ0n) is 10.4. The normalized spacial score (nSPS) is 10.7. The SMILES string of the molecule is c1cnn(-c2ccc(CNCc3cscn3)cc2)c1.